The molecule has 0 saturated carbocycles. The van der Waals surface area contributed by atoms with E-state index < -0.39 is 10.1 Å². The van der Waals surface area contributed by atoms with Crippen LogP contribution in [0.25, 0.3) is 0 Å². The first-order chi connectivity index (χ1) is 11.4. The molecule has 0 aromatic heterocycles. The lowest BCUT2D eigenvalue weighted by Gasteiger charge is -2.11. The van der Waals surface area contributed by atoms with Gasteiger partial charge in [0.1, 0.15) is 23.0 Å². The Morgan fingerprint density at radius 3 is 2.33 bits per heavy atom. The average Bonchev–Trinajstić information content (AvgIpc) is 2.55. The molecule has 0 radical (unpaired) electrons. The van der Waals surface area contributed by atoms with Crippen molar-refractivity contribution in [1.82, 2.24) is 0 Å². The molecule has 0 bridgehead atoms. The summed E-state index contributed by atoms with van der Waals surface area (Å²) in [5.41, 5.74) is 1.70. The zero-order chi connectivity index (χ0) is 17.6. The Bertz CT molecular complexity index is 766. The van der Waals surface area contributed by atoms with Gasteiger partial charge in [-0.3, -0.25) is 0 Å². The monoisotopic (exact) mass is 350 g/mol. The van der Waals surface area contributed by atoms with Crippen molar-refractivity contribution in [2.24, 2.45) is 0 Å². The van der Waals surface area contributed by atoms with E-state index in [0.29, 0.717) is 31.3 Å². The van der Waals surface area contributed by atoms with Gasteiger partial charge in [-0.1, -0.05) is 12.1 Å². The Morgan fingerprint density at radius 2 is 1.67 bits per heavy atom. The molecule has 0 N–H and O–H groups in total. The average molecular weight is 350 g/mol. The fourth-order valence-electron chi connectivity index (χ4n) is 2.03. The van der Waals surface area contributed by atoms with E-state index in [4.69, 9.17) is 13.7 Å². The van der Waals surface area contributed by atoms with E-state index in [1.54, 1.807) is 25.1 Å². The van der Waals surface area contributed by atoms with Crippen molar-refractivity contribution in [3.05, 3.63) is 53.6 Å². The molecular formula is C18H22O5S. The van der Waals surface area contributed by atoms with Gasteiger partial charge in [0.15, 0.2) is 0 Å². The van der Waals surface area contributed by atoms with Gasteiger partial charge in [-0.2, -0.15) is 8.42 Å². The fraction of sp³-hybridized carbons (Fsp3) is 0.333. The third-order valence-corrected chi connectivity index (χ3v) is 4.60. The van der Waals surface area contributed by atoms with Crippen molar-refractivity contribution in [2.75, 3.05) is 19.8 Å². The van der Waals surface area contributed by atoms with Crippen LogP contribution in [-0.2, 0) is 14.9 Å². The van der Waals surface area contributed by atoms with Gasteiger partial charge in [-0.25, -0.2) is 0 Å². The second-order valence-electron chi connectivity index (χ2n) is 5.32. The molecule has 6 heteroatoms. The maximum absolute atomic E-state index is 12.4. The number of aryl methyl sites for hydroxylation is 2. The highest BCUT2D eigenvalue weighted by atomic mass is 32.2. The van der Waals surface area contributed by atoms with Gasteiger partial charge in [0.2, 0.25) is 0 Å². The molecule has 0 aliphatic heterocycles. The number of benzene rings is 2. The second kappa shape index (κ2) is 8.17. The SMILES string of the molecule is CCOCCOc1ccc(S(=O)(=O)Oc2cc(C)ccc2C)cc1. The van der Waals surface area contributed by atoms with E-state index in [9.17, 15) is 8.42 Å². The van der Waals surface area contributed by atoms with Crippen molar-refractivity contribution in [2.45, 2.75) is 25.7 Å². The number of ether oxygens (including phenoxy) is 2. The summed E-state index contributed by atoms with van der Waals surface area (Å²) in [6.07, 6.45) is 0. The minimum atomic E-state index is -3.88. The molecule has 0 heterocycles. The molecule has 2 aromatic carbocycles. The quantitative estimate of drug-likeness (QED) is 0.539. The summed E-state index contributed by atoms with van der Waals surface area (Å²) < 4.78 is 40.7. The zero-order valence-electron chi connectivity index (χ0n) is 14.1. The molecule has 0 atom stereocenters. The van der Waals surface area contributed by atoms with Crippen LogP contribution in [0, 0.1) is 13.8 Å². The number of rotatable bonds is 8. The van der Waals surface area contributed by atoms with Crippen LogP contribution >= 0.6 is 0 Å². The maximum atomic E-state index is 12.4. The van der Waals surface area contributed by atoms with Gasteiger partial charge in [0.05, 0.1) is 6.61 Å². The molecular weight excluding hydrogens is 328 g/mol. The molecule has 2 aromatic rings. The normalized spacial score (nSPS) is 11.3. The van der Waals surface area contributed by atoms with Crippen molar-refractivity contribution in [3.8, 4) is 11.5 Å². The lowest BCUT2D eigenvalue weighted by atomic mass is 10.1. The van der Waals surface area contributed by atoms with Crippen LogP contribution in [0.3, 0.4) is 0 Å². The largest absolute Gasteiger partial charge is 0.491 e. The highest BCUT2D eigenvalue weighted by Crippen LogP contribution is 2.24. The molecule has 0 aliphatic carbocycles. The first-order valence-electron chi connectivity index (χ1n) is 7.74. The number of hydrogen-bond acceptors (Lipinski definition) is 5. The lowest BCUT2D eigenvalue weighted by molar-refractivity contribution is 0.110. The summed E-state index contributed by atoms with van der Waals surface area (Å²) in [5.74, 6) is 0.924. The highest BCUT2D eigenvalue weighted by molar-refractivity contribution is 7.87. The Labute approximate surface area is 143 Å². The van der Waals surface area contributed by atoms with Gasteiger partial charge in [0.25, 0.3) is 0 Å². The van der Waals surface area contributed by atoms with E-state index in [1.165, 1.54) is 12.1 Å². The van der Waals surface area contributed by atoms with Crippen LogP contribution in [-0.4, -0.2) is 28.2 Å². The van der Waals surface area contributed by atoms with Gasteiger partial charge in [0, 0.05) is 6.61 Å². The molecule has 0 fully saturated rings. The highest BCUT2D eigenvalue weighted by Gasteiger charge is 2.18. The third-order valence-electron chi connectivity index (χ3n) is 3.36. The molecule has 0 spiro atoms. The van der Waals surface area contributed by atoms with Gasteiger partial charge < -0.3 is 13.7 Å². The van der Waals surface area contributed by atoms with Crippen LogP contribution < -0.4 is 8.92 Å². The summed E-state index contributed by atoms with van der Waals surface area (Å²) >= 11 is 0. The minimum Gasteiger partial charge on any atom is -0.491 e. The van der Waals surface area contributed by atoms with Gasteiger partial charge >= 0.3 is 10.1 Å². The summed E-state index contributed by atoms with van der Waals surface area (Å²) in [6.45, 7) is 7.14. The molecule has 0 unspecified atom stereocenters. The predicted molar refractivity (Wildman–Crippen MR) is 92.2 cm³/mol. The Morgan fingerprint density at radius 1 is 0.958 bits per heavy atom. The van der Waals surface area contributed by atoms with Gasteiger partial charge in [-0.05, 0) is 62.2 Å². The van der Waals surface area contributed by atoms with Gasteiger partial charge in [-0.15, -0.1) is 0 Å². The molecule has 0 saturated heterocycles. The second-order valence-corrected chi connectivity index (χ2v) is 6.87. The predicted octanol–water partition coefficient (Wildman–Crippen LogP) is 3.49. The first-order valence-corrected chi connectivity index (χ1v) is 9.15. The zero-order valence-corrected chi connectivity index (χ0v) is 14.9. The Balaban J connectivity index is 2.08. The summed E-state index contributed by atoms with van der Waals surface area (Å²) in [5, 5.41) is 0. The Kier molecular flexibility index (Phi) is 6.23. The van der Waals surface area contributed by atoms with Crippen LogP contribution in [0.2, 0.25) is 0 Å². The van der Waals surface area contributed by atoms with E-state index in [2.05, 4.69) is 0 Å². The Hall–Kier alpha value is -2.05. The molecule has 2 rings (SSSR count). The topological polar surface area (TPSA) is 61.8 Å². The van der Waals surface area contributed by atoms with Crippen molar-refractivity contribution < 1.29 is 22.1 Å². The van der Waals surface area contributed by atoms with Crippen molar-refractivity contribution >= 4 is 10.1 Å². The van der Waals surface area contributed by atoms with Crippen LogP contribution in [0.5, 0.6) is 11.5 Å². The van der Waals surface area contributed by atoms with E-state index >= 15 is 0 Å². The van der Waals surface area contributed by atoms with Crippen LogP contribution in [0.15, 0.2) is 47.4 Å². The van der Waals surface area contributed by atoms with Crippen LogP contribution in [0.4, 0.5) is 0 Å². The summed E-state index contributed by atoms with van der Waals surface area (Å²) in [7, 11) is -3.88. The maximum Gasteiger partial charge on any atom is 0.339 e. The van der Waals surface area contributed by atoms with E-state index in [1.807, 2.05) is 26.0 Å². The van der Waals surface area contributed by atoms with Crippen LogP contribution in [0.1, 0.15) is 18.1 Å². The van der Waals surface area contributed by atoms with E-state index in [-0.39, 0.29) is 4.90 Å². The molecule has 5 nitrogen and oxygen atoms in total. The first kappa shape index (κ1) is 18.3. The van der Waals surface area contributed by atoms with Crippen molar-refractivity contribution in [3.63, 3.8) is 0 Å². The minimum absolute atomic E-state index is 0.0839. The third kappa shape index (κ3) is 4.97. The standard InChI is InChI=1S/C18H22O5S/c1-4-21-11-12-22-16-7-9-17(10-8-16)24(19,20)23-18-13-14(2)5-6-15(18)3/h5-10,13H,4,11-12H2,1-3H3. The molecule has 0 amide bonds. The molecule has 130 valence electrons. The summed E-state index contributed by atoms with van der Waals surface area (Å²) in [4.78, 5) is 0.0839. The van der Waals surface area contributed by atoms with E-state index in [0.717, 1.165) is 11.1 Å². The smallest absolute Gasteiger partial charge is 0.339 e. The summed E-state index contributed by atoms with van der Waals surface area (Å²) in [6, 6.07) is 11.6. The molecule has 24 heavy (non-hydrogen) atoms. The molecule has 0 aliphatic rings. The fourth-order valence-corrected chi connectivity index (χ4v) is 3.01. The lowest BCUT2D eigenvalue weighted by Crippen LogP contribution is -2.11. The number of hydrogen-bond donors (Lipinski definition) is 0. The van der Waals surface area contributed by atoms with Crippen molar-refractivity contribution in [1.29, 1.82) is 0 Å².